The number of ketones is 1. The third-order valence-electron chi connectivity index (χ3n) is 1.89. The summed E-state index contributed by atoms with van der Waals surface area (Å²) >= 11 is 0. The summed E-state index contributed by atoms with van der Waals surface area (Å²) in [5.41, 5.74) is 0. The van der Waals surface area contributed by atoms with E-state index in [4.69, 9.17) is 0 Å². The minimum atomic E-state index is -4.35. The number of carbonyl (C=O) groups is 1. The topological polar surface area (TPSA) is 26.3 Å². The van der Waals surface area contributed by atoms with E-state index in [9.17, 15) is 18.0 Å². The molecule has 0 rings (SSSR count). The molecule has 5 heteroatoms. The number of Topliss-reactive ketones (excluding diaryl/α,β-unsaturated/α-hetero) is 1. The lowest BCUT2D eigenvalue weighted by atomic mass is 10.00. The maximum Gasteiger partial charge on any atom is 0.411 e. The second kappa shape index (κ2) is 6.82. The Morgan fingerprint density at radius 2 is 2.00 bits per heavy atom. The third kappa shape index (κ3) is 9.72. The largest absolute Gasteiger partial charge is 0.411 e. The average molecular weight is 226 g/mol. The van der Waals surface area contributed by atoms with E-state index < -0.39 is 19.4 Å². The van der Waals surface area contributed by atoms with Gasteiger partial charge in [0.15, 0.2) is 5.78 Å². The smallest absolute Gasteiger partial charge is 0.364 e. The van der Waals surface area contributed by atoms with Gasteiger partial charge in [0.2, 0.25) is 0 Å². The van der Waals surface area contributed by atoms with Gasteiger partial charge >= 0.3 is 6.18 Å². The van der Waals surface area contributed by atoms with Crippen molar-refractivity contribution in [3.05, 3.63) is 0 Å². The lowest BCUT2D eigenvalue weighted by molar-refractivity contribution is -0.175. The first-order valence-electron chi connectivity index (χ1n) is 5.01. The van der Waals surface area contributed by atoms with Gasteiger partial charge in [-0.2, -0.15) is 13.2 Å². The standard InChI is InChI=1S/C10H17F3O2/c1-3-4-8(2)5-9(14)6-15-7-10(11,12)13/h8H,3-7H2,1-2H3. The van der Waals surface area contributed by atoms with E-state index in [-0.39, 0.29) is 11.7 Å². The van der Waals surface area contributed by atoms with Crippen LogP contribution in [0.4, 0.5) is 13.2 Å². The SMILES string of the molecule is CCCC(C)CC(=O)COCC(F)(F)F. The first-order chi connectivity index (χ1) is 6.85. The van der Waals surface area contributed by atoms with Gasteiger partial charge in [-0.3, -0.25) is 4.79 Å². The molecule has 0 heterocycles. The molecule has 0 radical (unpaired) electrons. The van der Waals surface area contributed by atoms with Crippen LogP contribution in [0.15, 0.2) is 0 Å². The number of hydrogen-bond acceptors (Lipinski definition) is 2. The van der Waals surface area contributed by atoms with Crippen molar-refractivity contribution in [3.8, 4) is 0 Å². The Balaban J connectivity index is 3.58. The number of alkyl halides is 3. The maximum absolute atomic E-state index is 11.7. The Morgan fingerprint density at radius 3 is 2.47 bits per heavy atom. The summed E-state index contributed by atoms with van der Waals surface area (Å²) in [6.45, 7) is 2.13. The van der Waals surface area contributed by atoms with Crippen molar-refractivity contribution < 1.29 is 22.7 Å². The molecule has 1 atom stereocenters. The highest BCUT2D eigenvalue weighted by molar-refractivity contribution is 5.79. The van der Waals surface area contributed by atoms with Crippen molar-refractivity contribution in [2.75, 3.05) is 13.2 Å². The summed E-state index contributed by atoms with van der Waals surface area (Å²) in [5.74, 6) is -0.0443. The molecular formula is C10H17F3O2. The number of rotatable bonds is 7. The van der Waals surface area contributed by atoms with Crippen LogP contribution >= 0.6 is 0 Å². The van der Waals surface area contributed by atoms with Crippen LogP contribution in [-0.4, -0.2) is 25.2 Å². The fourth-order valence-electron chi connectivity index (χ4n) is 1.32. The van der Waals surface area contributed by atoms with E-state index in [1.54, 1.807) is 0 Å². The van der Waals surface area contributed by atoms with Crippen molar-refractivity contribution in [1.82, 2.24) is 0 Å². The fourth-order valence-corrected chi connectivity index (χ4v) is 1.32. The van der Waals surface area contributed by atoms with Crippen molar-refractivity contribution in [2.45, 2.75) is 39.3 Å². The van der Waals surface area contributed by atoms with Crippen LogP contribution in [-0.2, 0) is 9.53 Å². The van der Waals surface area contributed by atoms with Gasteiger partial charge in [-0.1, -0.05) is 26.7 Å². The molecule has 2 nitrogen and oxygen atoms in total. The molecule has 90 valence electrons. The molecule has 0 fully saturated rings. The second-order valence-electron chi connectivity index (χ2n) is 3.74. The molecule has 0 aliphatic carbocycles. The molecule has 0 spiro atoms. The Kier molecular flexibility index (Phi) is 6.56. The van der Waals surface area contributed by atoms with E-state index in [1.807, 2.05) is 13.8 Å². The highest BCUT2D eigenvalue weighted by Gasteiger charge is 2.27. The highest BCUT2D eigenvalue weighted by Crippen LogP contribution is 2.15. The van der Waals surface area contributed by atoms with E-state index in [2.05, 4.69) is 4.74 Å². The highest BCUT2D eigenvalue weighted by atomic mass is 19.4. The molecule has 15 heavy (non-hydrogen) atoms. The lowest BCUT2D eigenvalue weighted by Gasteiger charge is -2.10. The van der Waals surface area contributed by atoms with Gasteiger partial charge in [-0.15, -0.1) is 0 Å². The fraction of sp³-hybridized carbons (Fsp3) is 0.900. The van der Waals surface area contributed by atoms with E-state index in [0.29, 0.717) is 6.42 Å². The van der Waals surface area contributed by atoms with Crippen LogP contribution in [0.3, 0.4) is 0 Å². The minimum Gasteiger partial charge on any atom is -0.364 e. The number of halogens is 3. The number of carbonyl (C=O) groups excluding carboxylic acids is 1. The Morgan fingerprint density at radius 1 is 1.40 bits per heavy atom. The molecular weight excluding hydrogens is 209 g/mol. The van der Waals surface area contributed by atoms with Gasteiger partial charge < -0.3 is 4.74 Å². The van der Waals surface area contributed by atoms with Crippen LogP contribution in [0.2, 0.25) is 0 Å². The van der Waals surface area contributed by atoms with E-state index in [0.717, 1.165) is 12.8 Å². The first kappa shape index (κ1) is 14.4. The van der Waals surface area contributed by atoms with Crippen LogP contribution in [0.1, 0.15) is 33.1 Å². The summed E-state index contributed by atoms with van der Waals surface area (Å²) in [5, 5.41) is 0. The molecule has 0 saturated heterocycles. The number of hydrogen-bond donors (Lipinski definition) is 0. The molecule has 0 amide bonds. The first-order valence-corrected chi connectivity index (χ1v) is 5.01. The summed E-state index contributed by atoms with van der Waals surface area (Å²) in [6.07, 6.45) is -2.18. The summed E-state index contributed by atoms with van der Waals surface area (Å²) in [4.78, 5) is 11.1. The third-order valence-corrected chi connectivity index (χ3v) is 1.89. The zero-order valence-electron chi connectivity index (χ0n) is 9.06. The average Bonchev–Trinajstić information content (AvgIpc) is 2.01. The molecule has 0 aliphatic heterocycles. The lowest BCUT2D eigenvalue weighted by Crippen LogP contribution is -2.21. The summed E-state index contributed by atoms with van der Waals surface area (Å²) < 4.78 is 39.2. The molecule has 0 aliphatic rings. The normalized spacial score (nSPS) is 13.9. The van der Waals surface area contributed by atoms with Gasteiger partial charge in [-0.25, -0.2) is 0 Å². The second-order valence-corrected chi connectivity index (χ2v) is 3.74. The van der Waals surface area contributed by atoms with Crippen LogP contribution in [0, 0.1) is 5.92 Å². The predicted octanol–water partition coefficient (Wildman–Crippen LogP) is 2.96. The molecule has 0 N–H and O–H groups in total. The van der Waals surface area contributed by atoms with Crippen LogP contribution < -0.4 is 0 Å². The minimum absolute atomic E-state index is 0.219. The van der Waals surface area contributed by atoms with Gasteiger partial charge in [0.25, 0.3) is 0 Å². The van der Waals surface area contributed by atoms with Gasteiger partial charge in [0.1, 0.15) is 13.2 Å². The zero-order valence-corrected chi connectivity index (χ0v) is 9.06. The van der Waals surface area contributed by atoms with E-state index in [1.165, 1.54) is 0 Å². The van der Waals surface area contributed by atoms with Crippen molar-refractivity contribution >= 4 is 5.78 Å². The van der Waals surface area contributed by atoms with Gasteiger partial charge in [-0.05, 0) is 5.92 Å². The van der Waals surface area contributed by atoms with Crippen molar-refractivity contribution in [1.29, 1.82) is 0 Å². The van der Waals surface area contributed by atoms with Crippen molar-refractivity contribution in [3.63, 3.8) is 0 Å². The maximum atomic E-state index is 11.7. The zero-order chi connectivity index (χ0) is 11.9. The number of ether oxygens (including phenoxy) is 1. The van der Waals surface area contributed by atoms with Crippen LogP contribution in [0.25, 0.3) is 0 Å². The van der Waals surface area contributed by atoms with Gasteiger partial charge in [0.05, 0.1) is 0 Å². The Bertz CT molecular complexity index is 190. The Labute approximate surface area is 87.8 Å². The molecule has 0 bridgehead atoms. The quantitative estimate of drug-likeness (QED) is 0.667. The summed E-state index contributed by atoms with van der Waals surface area (Å²) in [7, 11) is 0. The predicted molar refractivity (Wildman–Crippen MR) is 50.6 cm³/mol. The monoisotopic (exact) mass is 226 g/mol. The molecule has 0 aromatic heterocycles. The van der Waals surface area contributed by atoms with Crippen LogP contribution in [0.5, 0.6) is 0 Å². The summed E-state index contributed by atoms with van der Waals surface area (Å²) in [6, 6.07) is 0. The Hall–Kier alpha value is -0.580. The molecule has 1 unspecified atom stereocenters. The van der Waals surface area contributed by atoms with E-state index >= 15 is 0 Å². The molecule has 0 saturated carbocycles. The molecule has 0 aromatic rings. The van der Waals surface area contributed by atoms with Gasteiger partial charge in [0, 0.05) is 6.42 Å². The molecule has 0 aromatic carbocycles. The van der Waals surface area contributed by atoms with Crippen molar-refractivity contribution in [2.24, 2.45) is 5.92 Å².